The number of carbonyl (C=O) groups excluding carboxylic acids is 1. The van der Waals surface area contributed by atoms with Gasteiger partial charge in [0.1, 0.15) is 10.9 Å². The number of aliphatic imine (C=N–C) groups is 1. The molecular formula is C16H16ClN3O2S. The van der Waals surface area contributed by atoms with Gasteiger partial charge in [0.15, 0.2) is 0 Å². The van der Waals surface area contributed by atoms with E-state index in [1.807, 2.05) is 24.3 Å². The van der Waals surface area contributed by atoms with E-state index < -0.39 is 0 Å². The normalized spacial score (nSPS) is 11.3. The van der Waals surface area contributed by atoms with E-state index in [0.29, 0.717) is 23.0 Å². The molecule has 1 heterocycles. The summed E-state index contributed by atoms with van der Waals surface area (Å²) in [4.78, 5) is 21.1. The van der Waals surface area contributed by atoms with Crippen LogP contribution in [0.5, 0.6) is 0 Å². The molecule has 0 saturated carbocycles. The third-order valence-corrected chi connectivity index (χ3v) is 3.93. The standard InChI is InChI=1S/C16H16ClN3O2S/c1-2-22-16(21)11-7-8-19-15(9-11)23-13-5-3-12(4-6-13)20-14(18)10-17/h3-9H,2,10H2,1H3,(H2,18,20). The van der Waals surface area contributed by atoms with E-state index in [1.54, 1.807) is 25.3 Å². The summed E-state index contributed by atoms with van der Waals surface area (Å²) in [6, 6.07) is 10.8. The van der Waals surface area contributed by atoms with Crippen molar-refractivity contribution in [3.63, 3.8) is 0 Å². The quantitative estimate of drug-likeness (QED) is 0.373. The lowest BCUT2D eigenvalue weighted by Gasteiger charge is -2.05. The molecule has 0 radical (unpaired) electrons. The van der Waals surface area contributed by atoms with E-state index in [0.717, 1.165) is 10.6 Å². The van der Waals surface area contributed by atoms with Crippen LogP contribution in [0.1, 0.15) is 17.3 Å². The average Bonchev–Trinajstić information content (AvgIpc) is 2.57. The molecule has 120 valence electrons. The third-order valence-electron chi connectivity index (χ3n) is 2.71. The predicted octanol–water partition coefficient (Wildman–Crippen LogP) is 3.64. The van der Waals surface area contributed by atoms with Gasteiger partial charge < -0.3 is 10.5 Å². The van der Waals surface area contributed by atoms with Gasteiger partial charge in [0.05, 0.1) is 23.7 Å². The van der Waals surface area contributed by atoms with Gasteiger partial charge in [-0.25, -0.2) is 14.8 Å². The van der Waals surface area contributed by atoms with Gasteiger partial charge in [0.25, 0.3) is 0 Å². The molecule has 23 heavy (non-hydrogen) atoms. The zero-order chi connectivity index (χ0) is 16.7. The molecule has 0 bridgehead atoms. The van der Waals surface area contributed by atoms with Gasteiger partial charge in [0, 0.05) is 11.1 Å². The molecule has 0 aliphatic rings. The fourth-order valence-corrected chi connectivity index (χ4v) is 2.58. The molecule has 7 heteroatoms. The molecule has 0 unspecified atom stereocenters. The minimum atomic E-state index is -0.349. The highest BCUT2D eigenvalue weighted by molar-refractivity contribution is 7.99. The summed E-state index contributed by atoms with van der Waals surface area (Å²) < 4.78 is 4.98. The van der Waals surface area contributed by atoms with E-state index >= 15 is 0 Å². The molecule has 0 saturated heterocycles. The monoisotopic (exact) mass is 349 g/mol. The van der Waals surface area contributed by atoms with Crippen molar-refractivity contribution in [2.45, 2.75) is 16.8 Å². The zero-order valence-corrected chi connectivity index (χ0v) is 14.1. The molecule has 2 N–H and O–H groups in total. The lowest BCUT2D eigenvalue weighted by atomic mass is 10.3. The number of carbonyl (C=O) groups is 1. The maximum Gasteiger partial charge on any atom is 0.338 e. The van der Waals surface area contributed by atoms with Crippen LogP contribution in [0.25, 0.3) is 0 Å². The molecule has 2 rings (SSSR count). The number of benzene rings is 1. The second-order valence-electron chi connectivity index (χ2n) is 4.44. The Labute approximate surface area is 143 Å². The van der Waals surface area contributed by atoms with Crippen LogP contribution in [0.15, 0.2) is 57.5 Å². The van der Waals surface area contributed by atoms with Crippen molar-refractivity contribution in [3.05, 3.63) is 48.2 Å². The van der Waals surface area contributed by atoms with Crippen molar-refractivity contribution in [2.24, 2.45) is 10.7 Å². The van der Waals surface area contributed by atoms with E-state index in [4.69, 9.17) is 22.1 Å². The van der Waals surface area contributed by atoms with Gasteiger partial charge in [-0.2, -0.15) is 0 Å². The van der Waals surface area contributed by atoms with Crippen LogP contribution < -0.4 is 5.73 Å². The van der Waals surface area contributed by atoms with Gasteiger partial charge in [0.2, 0.25) is 0 Å². The molecule has 0 atom stereocenters. The van der Waals surface area contributed by atoms with Crippen LogP contribution in [0.3, 0.4) is 0 Å². The van der Waals surface area contributed by atoms with Crippen LogP contribution >= 0.6 is 23.4 Å². The predicted molar refractivity (Wildman–Crippen MR) is 92.8 cm³/mol. The molecule has 1 aromatic carbocycles. The Kier molecular flexibility index (Phi) is 6.43. The Balaban J connectivity index is 2.10. The van der Waals surface area contributed by atoms with E-state index in [1.165, 1.54) is 11.8 Å². The Hall–Kier alpha value is -2.05. The van der Waals surface area contributed by atoms with Crippen molar-refractivity contribution >= 4 is 40.9 Å². The number of rotatable bonds is 6. The van der Waals surface area contributed by atoms with Crippen molar-refractivity contribution < 1.29 is 9.53 Å². The van der Waals surface area contributed by atoms with E-state index in [2.05, 4.69) is 9.98 Å². The number of nitrogens with two attached hydrogens (primary N) is 1. The largest absolute Gasteiger partial charge is 0.462 e. The molecule has 5 nitrogen and oxygen atoms in total. The number of esters is 1. The highest BCUT2D eigenvalue weighted by Crippen LogP contribution is 2.28. The van der Waals surface area contributed by atoms with Crippen LogP contribution in [-0.4, -0.2) is 29.3 Å². The number of nitrogens with zero attached hydrogens (tertiary/aromatic N) is 2. The number of pyridine rings is 1. The van der Waals surface area contributed by atoms with Crippen molar-refractivity contribution in [2.75, 3.05) is 12.5 Å². The summed E-state index contributed by atoms with van der Waals surface area (Å²) in [6.45, 7) is 2.12. The van der Waals surface area contributed by atoms with Crippen molar-refractivity contribution in [3.8, 4) is 0 Å². The van der Waals surface area contributed by atoms with Crippen molar-refractivity contribution in [1.29, 1.82) is 0 Å². The zero-order valence-electron chi connectivity index (χ0n) is 12.5. The number of ether oxygens (including phenoxy) is 1. The van der Waals surface area contributed by atoms with Gasteiger partial charge in [-0.05, 0) is 43.3 Å². The van der Waals surface area contributed by atoms with Crippen LogP contribution in [-0.2, 0) is 4.74 Å². The highest BCUT2D eigenvalue weighted by Gasteiger charge is 2.08. The number of amidine groups is 1. The first-order valence-electron chi connectivity index (χ1n) is 6.92. The summed E-state index contributed by atoms with van der Waals surface area (Å²) in [6.07, 6.45) is 1.59. The first-order valence-corrected chi connectivity index (χ1v) is 8.27. The Morgan fingerprint density at radius 2 is 2.09 bits per heavy atom. The second-order valence-corrected chi connectivity index (χ2v) is 5.80. The highest BCUT2D eigenvalue weighted by atomic mass is 35.5. The second kappa shape index (κ2) is 8.55. The lowest BCUT2D eigenvalue weighted by Crippen LogP contribution is -2.12. The average molecular weight is 350 g/mol. The summed E-state index contributed by atoms with van der Waals surface area (Å²) in [7, 11) is 0. The molecule has 1 aromatic heterocycles. The molecule has 2 aromatic rings. The van der Waals surface area contributed by atoms with Crippen LogP contribution in [0.4, 0.5) is 5.69 Å². The Morgan fingerprint density at radius 1 is 1.35 bits per heavy atom. The third kappa shape index (κ3) is 5.26. The van der Waals surface area contributed by atoms with Gasteiger partial charge in [-0.15, -0.1) is 11.6 Å². The molecular weight excluding hydrogens is 334 g/mol. The number of alkyl halides is 1. The van der Waals surface area contributed by atoms with Gasteiger partial charge in [-0.3, -0.25) is 0 Å². The fraction of sp³-hybridized carbons (Fsp3) is 0.188. The van der Waals surface area contributed by atoms with Gasteiger partial charge in [-0.1, -0.05) is 11.8 Å². The Bertz CT molecular complexity index is 705. The molecule has 0 spiro atoms. The van der Waals surface area contributed by atoms with E-state index in [9.17, 15) is 4.79 Å². The number of halogens is 1. The number of hydrogen-bond donors (Lipinski definition) is 1. The topological polar surface area (TPSA) is 77.6 Å². The summed E-state index contributed by atoms with van der Waals surface area (Å²) in [5, 5.41) is 0.715. The maximum atomic E-state index is 11.7. The van der Waals surface area contributed by atoms with Gasteiger partial charge >= 0.3 is 5.97 Å². The first kappa shape index (κ1) is 17.3. The van der Waals surface area contributed by atoms with Crippen LogP contribution in [0.2, 0.25) is 0 Å². The lowest BCUT2D eigenvalue weighted by molar-refractivity contribution is 0.0526. The minimum absolute atomic E-state index is 0.196. The molecule has 0 aliphatic heterocycles. The Morgan fingerprint density at radius 3 is 2.74 bits per heavy atom. The summed E-state index contributed by atoms with van der Waals surface area (Å²) >= 11 is 7.04. The minimum Gasteiger partial charge on any atom is -0.462 e. The van der Waals surface area contributed by atoms with Crippen molar-refractivity contribution in [1.82, 2.24) is 4.98 Å². The van der Waals surface area contributed by atoms with Crippen LogP contribution in [0, 0.1) is 0 Å². The van der Waals surface area contributed by atoms with E-state index in [-0.39, 0.29) is 11.8 Å². The fourth-order valence-electron chi connectivity index (χ4n) is 1.71. The summed E-state index contributed by atoms with van der Waals surface area (Å²) in [5.41, 5.74) is 6.82. The molecule has 0 aliphatic carbocycles. The molecule has 0 fully saturated rings. The first-order chi connectivity index (χ1) is 11.1. The maximum absolute atomic E-state index is 11.7. The molecule has 0 amide bonds. The number of aromatic nitrogens is 1. The SMILES string of the molecule is CCOC(=O)c1ccnc(Sc2ccc(N=C(N)CCl)cc2)c1. The number of hydrogen-bond acceptors (Lipinski definition) is 5. The smallest absolute Gasteiger partial charge is 0.338 e. The summed E-state index contributed by atoms with van der Waals surface area (Å²) in [5.74, 6) is 0.218.